The molecule has 2 aliphatic rings. The van der Waals surface area contributed by atoms with Crippen LogP contribution < -0.4 is 15.8 Å². The average Bonchev–Trinajstić information content (AvgIpc) is 3.50. The number of anilines is 1. The van der Waals surface area contributed by atoms with E-state index in [1.165, 1.54) is 24.3 Å². The predicted molar refractivity (Wildman–Crippen MR) is 132 cm³/mol. The number of hydrogen-bond donors (Lipinski definition) is 2. The van der Waals surface area contributed by atoms with E-state index in [9.17, 15) is 31.5 Å². The Morgan fingerprint density at radius 1 is 1.10 bits per heavy atom. The third-order valence-corrected chi connectivity index (χ3v) is 7.36. The minimum atomic E-state index is -4.77. The first-order chi connectivity index (χ1) is 19.0. The van der Waals surface area contributed by atoms with Gasteiger partial charge in [-0.1, -0.05) is 0 Å². The molecule has 1 saturated carbocycles. The second kappa shape index (κ2) is 10.5. The third-order valence-electron chi connectivity index (χ3n) is 7.36. The molecule has 1 saturated heterocycles. The van der Waals surface area contributed by atoms with Gasteiger partial charge < -0.3 is 20.7 Å². The van der Waals surface area contributed by atoms with Gasteiger partial charge in [-0.05, 0) is 37.8 Å². The number of halogens is 5. The third kappa shape index (κ3) is 5.11. The van der Waals surface area contributed by atoms with Gasteiger partial charge in [0.25, 0.3) is 5.91 Å². The summed E-state index contributed by atoms with van der Waals surface area (Å²) in [4.78, 5) is 35.1. The highest BCUT2D eigenvalue weighted by molar-refractivity contribution is 5.98. The number of nitrogens with zero attached hydrogens (tertiary/aromatic N) is 5. The lowest BCUT2D eigenvalue weighted by atomic mass is 9.87. The molecule has 0 spiro atoms. The number of nitrogens with one attached hydrogen (secondary N) is 1. The summed E-state index contributed by atoms with van der Waals surface area (Å²) in [7, 11) is 1.25. The lowest BCUT2D eigenvalue weighted by Crippen LogP contribution is -2.42. The molecule has 15 heteroatoms. The molecular weight excluding hydrogens is 541 g/mol. The fourth-order valence-electron chi connectivity index (χ4n) is 5.29. The number of likely N-dealkylation sites (tertiary alicyclic amines) is 1. The molecular formula is C25H26F5N7O3. The van der Waals surface area contributed by atoms with E-state index in [4.69, 9.17) is 10.5 Å². The fraction of sp³-hybridized carbons (Fsp3) is 0.480. The quantitative estimate of drug-likeness (QED) is 0.454. The normalized spacial score (nSPS) is 23.4. The molecule has 10 nitrogen and oxygen atoms in total. The van der Waals surface area contributed by atoms with Crippen LogP contribution in [0.15, 0.2) is 24.7 Å². The van der Waals surface area contributed by atoms with Crippen molar-refractivity contribution >= 4 is 23.1 Å². The number of ether oxygens (including phenoxy) is 1. The van der Waals surface area contributed by atoms with Gasteiger partial charge in [-0.25, -0.2) is 23.3 Å². The van der Waals surface area contributed by atoms with Gasteiger partial charge in [-0.2, -0.15) is 18.3 Å². The Labute approximate surface area is 224 Å². The number of carbonyl (C=O) groups is 2. The minimum Gasteiger partial charge on any atom is -0.480 e. The highest BCUT2D eigenvalue weighted by Crippen LogP contribution is 2.39. The number of carbonyl (C=O) groups excluding carboxylic acids is 2. The van der Waals surface area contributed by atoms with Crippen LogP contribution in [0.3, 0.4) is 0 Å². The number of aromatic nitrogens is 4. The van der Waals surface area contributed by atoms with Gasteiger partial charge in [0.1, 0.15) is 29.8 Å². The molecule has 1 aliphatic heterocycles. The molecule has 3 aromatic heterocycles. The maximum Gasteiger partial charge on any atom is 0.418 e. The molecule has 3 N–H and O–H groups in total. The van der Waals surface area contributed by atoms with Crippen LogP contribution in [0.1, 0.15) is 41.6 Å². The standard InChI is InChI=1S/C25H26F5N7O3/c1-40-23-15(22(38)35-18-10-36(9-17(18)27)24(39)12-2-4-14(26)5-3-12)6-13(8-32-23)19-7-16(25(28,29)30)20-21(31)33-11-34-37(19)20/h6-8,11-12,14,17-18H,2-5,9-10H2,1H3,(H,35,38)(H2,31,33,34). The Bertz CT molecular complexity index is 1440. The molecule has 0 bridgehead atoms. The molecule has 1 aliphatic carbocycles. The average molecular weight is 568 g/mol. The van der Waals surface area contributed by atoms with Crippen LogP contribution >= 0.6 is 0 Å². The lowest BCUT2D eigenvalue weighted by molar-refractivity contribution is -0.137. The summed E-state index contributed by atoms with van der Waals surface area (Å²) in [5.41, 5.74) is 4.03. The highest BCUT2D eigenvalue weighted by Gasteiger charge is 2.40. The summed E-state index contributed by atoms with van der Waals surface area (Å²) >= 11 is 0. The fourth-order valence-corrected chi connectivity index (χ4v) is 5.29. The number of nitrogen functional groups attached to an aromatic ring is 1. The van der Waals surface area contributed by atoms with Crippen molar-refractivity contribution in [3.05, 3.63) is 35.8 Å². The summed E-state index contributed by atoms with van der Waals surface area (Å²) in [5.74, 6) is -1.98. The minimum absolute atomic E-state index is 0.0652. The molecule has 214 valence electrons. The van der Waals surface area contributed by atoms with Gasteiger partial charge in [0, 0.05) is 24.2 Å². The second-order valence-corrected chi connectivity index (χ2v) is 9.92. The molecule has 4 heterocycles. The maximum absolute atomic E-state index is 14.9. The van der Waals surface area contributed by atoms with Crippen molar-refractivity contribution in [2.45, 2.75) is 50.2 Å². The van der Waals surface area contributed by atoms with E-state index < -0.39 is 41.5 Å². The summed E-state index contributed by atoms with van der Waals surface area (Å²) in [6.45, 7) is -0.294. The smallest absolute Gasteiger partial charge is 0.418 e. The monoisotopic (exact) mass is 567 g/mol. The van der Waals surface area contributed by atoms with E-state index in [1.54, 1.807) is 0 Å². The summed E-state index contributed by atoms with van der Waals surface area (Å²) in [5, 5.41) is 6.44. The molecule has 2 amide bonds. The second-order valence-electron chi connectivity index (χ2n) is 9.92. The van der Waals surface area contributed by atoms with E-state index >= 15 is 0 Å². The molecule has 0 radical (unpaired) electrons. The number of fused-ring (bicyclic) bond motifs is 1. The predicted octanol–water partition coefficient (Wildman–Crippen LogP) is 3.21. The van der Waals surface area contributed by atoms with Gasteiger partial charge in [0.15, 0.2) is 5.82 Å². The van der Waals surface area contributed by atoms with Gasteiger partial charge in [0.05, 0.1) is 31.0 Å². The molecule has 5 rings (SSSR count). The lowest BCUT2D eigenvalue weighted by Gasteiger charge is -2.27. The molecule has 40 heavy (non-hydrogen) atoms. The zero-order valence-corrected chi connectivity index (χ0v) is 21.3. The summed E-state index contributed by atoms with van der Waals surface area (Å²) < 4.78 is 75.7. The molecule has 2 unspecified atom stereocenters. The highest BCUT2D eigenvalue weighted by atomic mass is 19.4. The molecule has 2 fully saturated rings. The Balaban J connectivity index is 1.40. The number of pyridine rings is 1. The Kier molecular flexibility index (Phi) is 7.23. The van der Waals surface area contributed by atoms with Crippen molar-refractivity contribution < 1.29 is 36.3 Å². The number of alkyl halides is 5. The topological polar surface area (TPSA) is 128 Å². The van der Waals surface area contributed by atoms with Crippen molar-refractivity contribution in [2.75, 3.05) is 25.9 Å². The van der Waals surface area contributed by atoms with Crippen molar-refractivity contribution in [2.24, 2.45) is 5.92 Å². The van der Waals surface area contributed by atoms with Crippen LogP contribution in [0.25, 0.3) is 16.8 Å². The molecule has 0 aromatic carbocycles. The zero-order valence-electron chi connectivity index (χ0n) is 21.3. The summed E-state index contributed by atoms with van der Waals surface area (Å²) in [6, 6.07) is 1.03. The molecule has 3 aromatic rings. The molecule has 2 atom stereocenters. The first kappa shape index (κ1) is 27.5. The zero-order chi connectivity index (χ0) is 28.8. The Hall–Kier alpha value is -4.04. The number of amides is 2. The van der Waals surface area contributed by atoms with Crippen molar-refractivity contribution in [1.29, 1.82) is 0 Å². The number of hydrogen-bond acceptors (Lipinski definition) is 7. The van der Waals surface area contributed by atoms with E-state index in [1.807, 2.05) is 0 Å². The van der Waals surface area contributed by atoms with Gasteiger partial charge >= 0.3 is 6.18 Å². The van der Waals surface area contributed by atoms with Crippen LogP contribution in [0.2, 0.25) is 0 Å². The van der Waals surface area contributed by atoms with E-state index in [0.717, 1.165) is 16.9 Å². The maximum atomic E-state index is 14.9. The van der Waals surface area contributed by atoms with Crippen LogP contribution in [-0.2, 0) is 11.0 Å². The van der Waals surface area contributed by atoms with E-state index in [-0.39, 0.29) is 66.3 Å². The SMILES string of the molecule is COc1ncc(-c2cc(C(F)(F)F)c3c(N)ncnn23)cc1C(=O)NC1CN(C(=O)C2CCC(F)CC2)CC1F. The van der Waals surface area contributed by atoms with Crippen LogP contribution in [0.4, 0.5) is 27.8 Å². The largest absolute Gasteiger partial charge is 0.480 e. The Morgan fingerprint density at radius 3 is 2.50 bits per heavy atom. The van der Waals surface area contributed by atoms with E-state index in [2.05, 4.69) is 20.4 Å². The van der Waals surface area contributed by atoms with E-state index in [0.29, 0.717) is 12.8 Å². The Morgan fingerprint density at radius 2 is 1.82 bits per heavy atom. The van der Waals surface area contributed by atoms with Crippen molar-refractivity contribution in [3.8, 4) is 17.1 Å². The van der Waals surface area contributed by atoms with Crippen LogP contribution in [0, 0.1) is 5.92 Å². The van der Waals surface area contributed by atoms with Crippen molar-refractivity contribution in [3.63, 3.8) is 0 Å². The van der Waals surface area contributed by atoms with Gasteiger partial charge in [-0.15, -0.1) is 0 Å². The number of nitrogens with two attached hydrogens (primary N) is 1. The van der Waals surface area contributed by atoms with Gasteiger partial charge in [0.2, 0.25) is 11.8 Å². The number of rotatable bonds is 5. The van der Waals surface area contributed by atoms with Crippen LogP contribution in [-0.4, -0.2) is 74.9 Å². The van der Waals surface area contributed by atoms with Crippen LogP contribution in [0.5, 0.6) is 5.88 Å². The first-order valence-electron chi connectivity index (χ1n) is 12.6. The summed E-state index contributed by atoms with van der Waals surface area (Å²) in [6.07, 6.45) is -3.71. The number of methoxy groups -OCH3 is 1. The first-order valence-corrected chi connectivity index (χ1v) is 12.6. The van der Waals surface area contributed by atoms with Gasteiger partial charge in [-0.3, -0.25) is 9.59 Å². The van der Waals surface area contributed by atoms with Crippen molar-refractivity contribution in [1.82, 2.24) is 29.8 Å².